The Morgan fingerprint density at radius 1 is 0.803 bits per heavy atom. The van der Waals surface area contributed by atoms with E-state index in [0.717, 1.165) is 46.8 Å². The van der Waals surface area contributed by atoms with Crippen molar-refractivity contribution in [3.05, 3.63) is 119 Å². The molecule has 2 aromatic carbocycles. The predicted octanol–water partition coefficient (Wildman–Crippen LogP) is 7.41. The van der Waals surface area contributed by atoms with Gasteiger partial charge in [-0.1, -0.05) is 55.1 Å². The van der Waals surface area contributed by atoms with Crippen molar-refractivity contribution in [2.45, 2.75) is 95.3 Å². The van der Waals surface area contributed by atoms with Crippen LogP contribution in [0.3, 0.4) is 0 Å². The maximum Gasteiger partial charge on any atom is 0.311 e. The zero-order valence-electron chi connectivity index (χ0n) is 37.3. The van der Waals surface area contributed by atoms with Crippen LogP contribution in [0, 0.1) is 5.41 Å². The van der Waals surface area contributed by atoms with Gasteiger partial charge >= 0.3 is 17.9 Å². The number of hydrogen-bond donors (Lipinski definition) is 2. The number of hydrogen-bond acceptors (Lipinski definition) is 15. The number of aryl methyl sites for hydroxylation is 1. The molecule has 0 radical (unpaired) electrons. The Morgan fingerprint density at radius 3 is 1.89 bits per heavy atom. The molecule has 6 rings (SSSR count). The number of nitrogens with zero attached hydrogens (tertiary/aromatic N) is 3. The lowest BCUT2D eigenvalue weighted by molar-refractivity contribution is -0.160. The summed E-state index contributed by atoms with van der Waals surface area (Å²) in [4.78, 5) is 97.1. The number of nitrogens with one attached hydrogen (secondary N) is 1. The number of aromatic nitrogens is 2. The van der Waals surface area contributed by atoms with E-state index < -0.39 is 46.0 Å². The lowest BCUT2D eigenvalue weighted by Crippen LogP contribution is -2.35. The number of amides is 4. The second kappa shape index (κ2) is 21.8. The Bertz CT molecular complexity index is 2410. The molecule has 2 N–H and O–H groups in total. The van der Waals surface area contributed by atoms with Gasteiger partial charge in [-0.3, -0.25) is 53.7 Å². The number of carboxylic acids is 1. The molecule has 4 heterocycles. The van der Waals surface area contributed by atoms with E-state index in [4.69, 9.17) is 24.1 Å². The normalized spacial score (nSPS) is 18.1. The monoisotopic (exact) mass is 940 g/mol. The summed E-state index contributed by atoms with van der Waals surface area (Å²) in [5, 5.41) is 10.0. The number of carbonyl (C=O) groups excluding carboxylic acids is 6. The van der Waals surface area contributed by atoms with E-state index in [1.807, 2.05) is 31.2 Å². The van der Waals surface area contributed by atoms with Crippen molar-refractivity contribution in [1.29, 1.82) is 0 Å². The molecule has 0 spiro atoms. The van der Waals surface area contributed by atoms with E-state index >= 15 is 0 Å². The number of carbonyl (C=O) groups is 7. The van der Waals surface area contributed by atoms with Crippen molar-refractivity contribution in [2.24, 2.45) is 5.41 Å². The molecule has 4 aromatic rings. The quantitative estimate of drug-likeness (QED) is 0.0777. The third-order valence-electron chi connectivity index (χ3n) is 10.7. The average molecular weight is 941 g/mol. The minimum atomic E-state index is -1.15. The van der Waals surface area contributed by atoms with Crippen molar-refractivity contribution in [3.8, 4) is 11.5 Å². The van der Waals surface area contributed by atoms with Gasteiger partial charge in [0.2, 0.25) is 11.8 Å². The lowest BCUT2D eigenvalue weighted by atomic mass is 9.97. The minimum Gasteiger partial charge on any atom is -0.489 e. The van der Waals surface area contributed by atoms with Crippen molar-refractivity contribution >= 4 is 63.7 Å². The van der Waals surface area contributed by atoms with Gasteiger partial charge in [-0.15, -0.1) is 0 Å². The van der Waals surface area contributed by atoms with E-state index in [2.05, 4.69) is 15.3 Å². The number of aliphatic carboxylic acids is 1. The number of thioether (sulfide) groups is 2. The number of esters is 2. The molecule has 2 saturated heterocycles. The zero-order valence-corrected chi connectivity index (χ0v) is 38.9. The van der Waals surface area contributed by atoms with Crippen LogP contribution in [-0.4, -0.2) is 89.9 Å². The molecule has 348 valence electrons. The highest BCUT2D eigenvalue weighted by molar-refractivity contribution is 8.16. The Morgan fingerprint density at radius 2 is 1.38 bits per heavy atom. The molecular weight excluding hydrogens is 889 g/mol. The standard InChI is InChI=1S/C48H52N4O12S2/c1-6-33-13-11-32(25-49-33)38(64-44(58)47(2,3)4)28-62-35-15-7-29(8-16-35)23-39-42(56)52(46(60)65-39)22-21-34-14-12-31(26-50-34)37(63-41(55)20-19-40(53)54)27-61-36-17-9-30(10-18-36)24-48(5)43(57)51-45(59)66-48/h7-18,25-26,37-39H,6,19-24,27-28H2,1-5H3,(H,53,54)(H,51,57,59)/t37-,38+,39?,48?/m1/s1. The Hall–Kier alpha value is -6.27. The molecule has 2 aromatic heterocycles. The summed E-state index contributed by atoms with van der Waals surface area (Å²) in [7, 11) is 0. The second-order valence-corrected chi connectivity index (χ2v) is 19.6. The van der Waals surface area contributed by atoms with Crippen molar-refractivity contribution in [2.75, 3.05) is 19.8 Å². The Labute approximate surface area is 390 Å². The van der Waals surface area contributed by atoms with Crippen LogP contribution in [0.1, 0.15) is 93.3 Å². The number of imide groups is 2. The fourth-order valence-electron chi connectivity index (χ4n) is 6.79. The Balaban J connectivity index is 1.01. The lowest BCUT2D eigenvalue weighted by Gasteiger charge is -2.24. The van der Waals surface area contributed by atoms with Crippen molar-refractivity contribution in [3.63, 3.8) is 0 Å². The molecule has 66 heavy (non-hydrogen) atoms. The van der Waals surface area contributed by atoms with Crippen LogP contribution >= 0.6 is 23.5 Å². The van der Waals surface area contributed by atoms with Crippen LogP contribution in [-0.2, 0) is 59.1 Å². The molecule has 4 atom stereocenters. The van der Waals surface area contributed by atoms with Crippen LogP contribution < -0.4 is 14.8 Å². The molecular formula is C48H52N4O12S2. The number of ether oxygens (including phenoxy) is 4. The first kappa shape index (κ1) is 49.2. The van der Waals surface area contributed by atoms with Crippen LogP contribution in [0.5, 0.6) is 11.5 Å². The maximum absolute atomic E-state index is 13.4. The number of carboxylic acid groups (broad SMARTS) is 1. The molecule has 2 unspecified atom stereocenters. The first-order chi connectivity index (χ1) is 31.4. The molecule has 0 aliphatic carbocycles. The molecule has 0 bridgehead atoms. The van der Waals surface area contributed by atoms with E-state index in [9.17, 15) is 33.6 Å². The van der Waals surface area contributed by atoms with Gasteiger partial charge in [0.05, 0.1) is 23.5 Å². The first-order valence-corrected chi connectivity index (χ1v) is 23.1. The highest BCUT2D eigenvalue weighted by atomic mass is 32.2. The molecule has 0 saturated carbocycles. The SMILES string of the molecule is CCc1ccc([C@H](COc2ccc(CC3SC(=O)N(CCc4ccc([C@@H](COc5ccc(CC6(C)SC(=O)NC6=O)cc5)OC(=O)CCC(=O)O)cn4)C3=O)cc2)OC(=O)C(C)(C)C)cn1. The van der Waals surface area contributed by atoms with Gasteiger partial charge in [0.25, 0.3) is 10.5 Å². The summed E-state index contributed by atoms with van der Waals surface area (Å²) in [6.45, 7) is 9.10. The number of benzene rings is 2. The van der Waals surface area contributed by atoms with Gasteiger partial charge in [-0.2, -0.15) is 0 Å². The third kappa shape index (κ3) is 13.4. The van der Waals surface area contributed by atoms with Crippen LogP contribution in [0.25, 0.3) is 0 Å². The fraction of sp³-hybridized carbons (Fsp3) is 0.396. The molecule has 16 nitrogen and oxygen atoms in total. The first-order valence-electron chi connectivity index (χ1n) is 21.4. The number of pyridine rings is 2. The summed E-state index contributed by atoms with van der Waals surface area (Å²) in [6, 6.07) is 21.3. The van der Waals surface area contributed by atoms with Gasteiger partial charge in [0, 0.05) is 47.9 Å². The highest BCUT2D eigenvalue weighted by Crippen LogP contribution is 2.35. The fourth-order valence-corrected chi connectivity index (χ4v) is 8.78. The molecule has 2 aliphatic heterocycles. The van der Waals surface area contributed by atoms with E-state index in [0.29, 0.717) is 41.2 Å². The molecule has 2 aliphatic rings. The zero-order chi connectivity index (χ0) is 47.6. The summed E-state index contributed by atoms with van der Waals surface area (Å²) in [5.41, 5.74) is 3.61. The summed E-state index contributed by atoms with van der Waals surface area (Å²) >= 11 is 1.91. The topological polar surface area (TPSA) is 218 Å². The van der Waals surface area contributed by atoms with E-state index in [1.54, 1.807) is 82.4 Å². The van der Waals surface area contributed by atoms with E-state index in [-0.39, 0.29) is 60.9 Å². The van der Waals surface area contributed by atoms with Crippen LogP contribution in [0.15, 0.2) is 85.2 Å². The molecule has 2 fully saturated rings. The summed E-state index contributed by atoms with van der Waals surface area (Å²) in [6.07, 6.45) is 2.49. The maximum atomic E-state index is 13.4. The van der Waals surface area contributed by atoms with Crippen LogP contribution in [0.2, 0.25) is 0 Å². The Kier molecular flexibility index (Phi) is 16.2. The number of rotatable bonds is 21. The third-order valence-corrected chi connectivity index (χ3v) is 12.8. The summed E-state index contributed by atoms with van der Waals surface area (Å²) < 4.78 is 22.5. The van der Waals surface area contributed by atoms with Gasteiger partial charge in [-0.25, -0.2) is 0 Å². The van der Waals surface area contributed by atoms with Crippen molar-refractivity contribution in [1.82, 2.24) is 20.2 Å². The molecule has 4 amide bonds. The summed E-state index contributed by atoms with van der Waals surface area (Å²) in [5.74, 6) is -1.93. The average Bonchev–Trinajstić information content (AvgIpc) is 3.70. The minimum absolute atomic E-state index is 0.0644. The van der Waals surface area contributed by atoms with Gasteiger partial charge < -0.3 is 24.1 Å². The second-order valence-electron chi connectivity index (χ2n) is 17.0. The largest absolute Gasteiger partial charge is 0.489 e. The van der Waals surface area contributed by atoms with Crippen LogP contribution in [0.4, 0.5) is 9.59 Å². The predicted molar refractivity (Wildman–Crippen MR) is 245 cm³/mol. The molecule has 18 heteroatoms. The highest BCUT2D eigenvalue weighted by Gasteiger charge is 2.44. The van der Waals surface area contributed by atoms with Gasteiger partial charge in [-0.05, 0) is 106 Å². The van der Waals surface area contributed by atoms with Gasteiger partial charge in [0.1, 0.15) is 29.5 Å². The van der Waals surface area contributed by atoms with Gasteiger partial charge in [0.15, 0.2) is 12.2 Å². The smallest absolute Gasteiger partial charge is 0.311 e. The van der Waals surface area contributed by atoms with Crippen molar-refractivity contribution < 1.29 is 57.6 Å². The van der Waals surface area contributed by atoms with E-state index in [1.165, 1.54) is 11.1 Å².